The monoisotopic (exact) mass is 361 g/mol. The van der Waals surface area contributed by atoms with Gasteiger partial charge in [0.25, 0.3) is 0 Å². The predicted molar refractivity (Wildman–Crippen MR) is 81.5 cm³/mol. The van der Waals surface area contributed by atoms with Crippen LogP contribution in [0.4, 0.5) is 4.39 Å². The van der Waals surface area contributed by atoms with Gasteiger partial charge in [0.15, 0.2) is 0 Å². The fraction of sp³-hybridized carbons (Fsp3) is 0.143. The van der Waals surface area contributed by atoms with E-state index in [1.165, 1.54) is 6.07 Å². The van der Waals surface area contributed by atoms with Crippen molar-refractivity contribution in [2.24, 2.45) is 0 Å². The van der Waals surface area contributed by atoms with E-state index < -0.39 is 0 Å². The highest BCUT2D eigenvalue weighted by Crippen LogP contribution is 2.32. The molecule has 0 aromatic heterocycles. The van der Waals surface area contributed by atoms with Crippen LogP contribution in [-0.4, -0.2) is 7.05 Å². The third-order valence-electron chi connectivity index (χ3n) is 2.83. The molecule has 2 aromatic rings. The largest absolute Gasteiger partial charge is 0.309 e. The summed E-state index contributed by atoms with van der Waals surface area (Å²) in [5.41, 5.74) is 1.39. The number of halogens is 4. The molecule has 0 aliphatic carbocycles. The number of hydrogen-bond acceptors (Lipinski definition) is 1. The minimum atomic E-state index is -0.348. The van der Waals surface area contributed by atoms with E-state index in [-0.39, 0.29) is 11.9 Å². The molecule has 5 heteroatoms. The number of benzene rings is 2. The van der Waals surface area contributed by atoms with Gasteiger partial charge in [-0.1, -0.05) is 45.2 Å². The second kappa shape index (κ2) is 6.23. The van der Waals surface area contributed by atoms with E-state index in [9.17, 15) is 4.39 Å². The zero-order valence-electron chi connectivity index (χ0n) is 10.1. The van der Waals surface area contributed by atoms with Crippen molar-refractivity contribution in [3.05, 3.63) is 67.9 Å². The van der Waals surface area contributed by atoms with Crippen molar-refractivity contribution < 1.29 is 4.39 Å². The fourth-order valence-electron chi connectivity index (χ4n) is 1.95. The molecule has 0 heterocycles. The molecule has 0 bridgehead atoms. The minimum absolute atomic E-state index is 0.301. The standard InChI is InChI=1S/C14H11BrCl2FN/c1-19-14(10-4-2-9(17)7-13(10)18)11-6-8(16)3-5-12(11)15/h2-7,14,19H,1H3. The summed E-state index contributed by atoms with van der Waals surface area (Å²) >= 11 is 15.2. The highest BCUT2D eigenvalue weighted by molar-refractivity contribution is 9.10. The van der Waals surface area contributed by atoms with E-state index in [4.69, 9.17) is 23.2 Å². The maximum Gasteiger partial charge on any atom is 0.129 e. The average molecular weight is 363 g/mol. The van der Waals surface area contributed by atoms with E-state index in [1.54, 1.807) is 31.3 Å². The Bertz CT molecular complexity index is 604. The molecule has 1 unspecified atom stereocenters. The lowest BCUT2D eigenvalue weighted by molar-refractivity contribution is 0.575. The molecule has 2 aromatic carbocycles. The Kier molecular flexibility index (Phi) is 4.85. The van der Waals surface area contributed by atoms with E-state index >= 15 is 0 Å². The van der Waals surface area contributed by atoms with Crippen molar-refractivity contribution in [2.45, 2.75) is 6.04 Å². The van der Waals surface area contributed by atoms with E-state index in [0.717, 1.165) is 10.0 Å². The fourth-order valence-corrected chi connectivity index (χ4v) is 2.76. The number of nitrogens with one attached hydrogen (secondary N) is 1. The third kappa shape index (κ3) is 3.29. The lowest BCUT2D eigenvalue weighted by Gasteiger charge is -2.19. The molecule has 1 N–H and O–H groups in total. The van der Waals surface area contributed by atoms with Gasteiger partial charge >= 0.3 is 0 Å². The Morgan fingerprint density at radius 1 is 1.05 bits per heavy atom. The maximum absolute atomic E-state index is 14.0. The van der Waals surface area contributed by atoms with Gasteiger partial charge in [-0.3, -0.25) is 0 Å². The SMILES string of the molecule is CNC(c1ccc(Cl)cc1F)c1cc(Cl)ccc1Br. The zero-order valence-corrected chi connectivity index (χ0v) is 13.2. The molecule has 0 radical (unpaired) electrons. The van der Waals surface area contributed by atoms with Crippen molar-refractivity contribution in [2.75, 3.05) is 7.05 Å². The van der Waals surface area contributed by atoms with Crippen LogP contribution in [0.3, 0.4) is 0 Å². The highest BCUT2D eigenvalue weighted by atomic mass is 79.9. The molecule has 0 saturated heterocycles. The lowest BCUT2D eigenvalue weighted by Crippen LogP contribution is -2.19. The number of rotatable bonds is 3. The van der Waals surface area contributed by atoms with Gasteiger partial charge in [0, 0.05) is 20.1 Å². The van der Waals surface area contributed by atoms with Crippen LogP contribution in [0.5, 0.6) is 0 Å². The van der Waals surface area contributed by atoms with Crippen molar-refractivity contribution >= 4 is 39.1 Å². The second-order valence-electron chi connectivity index (χ2n) is 4.05. The Hall–Kier alpha value is -0.610. The molecule has 0 spiro atoms. The average Bonchev–Trinajstić information content (AvgIpc) is 2.36. The van der Waals surface area contributed by atoms with Gasteiger partial charge in [-0.15, -0.1) is 0 Å². The third-order valence-corrected chi connectivity index (χ3v) is 4.02. The topological polar surface area (TPSA) is 12.0 Å². The highest BCUT2D eigenvalue weighted by Gasteiger charge is 2.19. The van der Waals surface area contributed by atoms with E-state index in [0.29, 0.717) is 15.6 Å². The Balaban J connectivity index is 2.52. The normalized spacial score (nSPS) is 12.5. The van der Waals surface area contributed by atoms with Gasteiger partial charge in [-0.05, 0) is 42.9 Å². The maximum atomic E-state index is 14.0. The molecule has 0 fully saturated rings. The first-order valence-electron chi connectivity index (χ1n) is 5.60. The first kappa shape index (κ1) is 14.8. The summed E-state index contributed by atoms with van der Waals surface area (Å²) < 4.78 is 14.9. The molecule has 2 rings (SSSR count). The molecule has 0 saturated carbocycles. The molecule has 0 amide bonds. The van der Waals surface area contributed by atoms with Gasteiger partial charge in [-0.2, -0.15) is 0 Å². The van der Waals surface area contributed by atoms with Gasteiger partial charge in [0.05, 0.1) is 6.04 Å². The summed E-state index contributed by atoms with van der Waals surface area (Å²) in [7, 11) is 1.77. The van der Waals surface area contributed by atoms with E-state index in [1.807, 2.05) is 6.07 Å². The van der Waals surface area contributed by atoms with Crippen molar-refractivity contribution in [3.63, 3.8) is 0 Å². The summed E-state index contributed by atoms with van der Waals surface area (Å²) in [6.45, 7) is 0. The zero-order chi connectivity index (χ0) is 14.0. The summed E-state index contributed by atoms with van der Waals surface area (Å²) in [5.74, 6) is -0.348. The minimum Gasteiger partial charge on any atom is -0.309 e. The first-order chi connectivity index (χ1) is 9.02. The summed E-state index contributed by atoms with van der Waals surface area (Å²) in [6, 6.07) is 9.77. The van der Waals surface area contributed by atoms with Crippen LogP contribution in [0, 0.1) is 5.82 Å². The molecule has 1 atom stereocenters. The molecule has 0 aliphatic heterocycles. The van der Waals surface area contributed by atoms with E-state index in [2.05, 4.69) is 21.2 Å². The van der Waals surface area contributed by atoms with Crippen LogP contribution in [0.25, 0.3) is 0 Å². The molecule has 19 heavy (non-hydrogen) atoms. The van der Waals surface area contributed by atoms with Crippen LogP contribution in [0.1, 0.15) is 17.2 Å². The summed E-state index contributed by atoms with van der Waals surface area (Å²) in [4.78, 5) is 0. The van der Waals surface area contributed by atoms with Crippen LogP contribution >= 0.6 is 39.1 Å². The Morgan fingerprint density at radius 2 is 1.68 bits per heavy atom. The van der Waals surface area contributed by atoms with Gasteiger partial charge in [0.1, 0.15) is 5.82 Å². The quantitative estimate of drug-likeness (QED) is 0.790. The van der Waals surface area contributed by atoms with Gasteiger partial charge in [0.2, 0.25) is 0 Å². The van der Waals surface area contributed by atoms with Crippen LogP contribution in [0.15, 0.2) is 40.9 Å². The Morgan fingerprint density at radius 3 is 2.32 bits per heavy atom. The molecular formula is C14H11BrCl2FN. The summed E-state index contributed by atoms with van der Waals surface area (Å²) in [6.07, 6.45) is 0. The lowest BCUT2D eigenvalue weighted by atomic mass is 9.98. The first-order valence-corrected chi connectivity index (χ1v) is 7.15. The van der Waals surface area contributed by atoms with Gasteiger partial charge in [-0.25, -0.2) is 4.39 Å². The van der Waals surface area contributed by atoms with Crippen LogP contribution in [-0.2, 0) is 0 Å². The second-order valence-corrected chi connectivity index (χ2v) is 5.78. The van der Waals surface area contributed by atoms with Crippen molar-refractivity contribution in [1.29, 1.82) is 0 Å². The molecular weight excluding hydrogens is 352 g/mol. The van der Waals surface area contributed by atoms with Crippen LogP contribution < -0.4 is 5.32 Å². The number of hydrogen-bond donors (Lipinski definition) is 1. The van der Waals surface area contributed by atoms with Crippen molar-refractivity contribution in [1.82, 2.24) is 5.32 Å². The molecule has 1 nitrogen and oxygen atoms in total. The molecule has 100 valence electrons. The van der Waals surface area contributed by atoms with Gasteiger partial charge < -0.3 is 5.32 Å². The molecule has 0 aliphatic rings. The predicted octanol–water partition coefficient (Wildman–Crippen LogP) is 5.20. The van der Waals surface area contributed by atoms with Crippen molar-refractivity contribution in [3.8, 4) is 0 Å². The Labute approximate surface area is 129 Å². The van der Waals surface area contributed by atoms with Crippen LogP contribution in [0.2, 0.25) is 10.0 Å². The summed E-state index contributed by atoms with van der Waals surface area (Å²) in [5, 5.41) is 4.07. The smallest absolute Gasteiger partial charge is 0.129 e.